The Labute approximate surface area is 126 Å². The second kappa shape index (κ2) is 5.51. The summed E-state index contributed by atoms with van der Waals surface area (Å²) in [5.41, 5.74) is 4.32. The van der Waals surface area contributed by atoms with Gasteiger partial charge in [0.1, 0.15) is 5.75 Å². The molecular formula is C18H13BrO. The van der Waals surface area contributed by atoms with E-state index in [2.05, 4.69) is 28.1 Å². The van der Waals surface area contributed by atoms with Gasteiger partial charge in [-0.3, -0.25) is 0 Å². The third-order valence-corrected chi connectivity index (χ3v) is 4.07. The van der Waals surface area contributed by atoms with Crippen LogP contribution in [-0.4, -0.2) is 5.11 Å². The maximum atomic E-state index is 9.99. The van der Waals surface area contributed by atoms with Crippen molar-refractivity contribution in [3.63, 3.8) is 0 Å². The number of aromatic hydroxyl groups is 1. The number of hydrogen-bond donors (Lipinski definition) is 1. The summed E-state index contributed by atoms with van der Waals surface area (Å²) in [6.07, 6.45) is 0. The average molecular weight is 325 g/mol. The molecule has 0 fully saturated rings. The van der Waals surface area contributed by atoms with Crippen molar-refractivity contribution in [3.8, 4) is 28.0 Å². The van der Waals surface area contributed by atoms with Crippen molar-refractivity contribution in [3.05, 3.63) is 77.3 Å². The molecule has 20 heavy (non-hydrogen) atoms. The van der Waals surface area contributed by atoms with Crippen LogP contribution in [0.2, 0.25) is 0 Å². The van der Waals surface area contributed by atoms with Gasteiger partial charge in [0.2, 0.25) is 0 Å². The fraction of sp³-hybridized carbons (Fsp3) is 0. The van der Waals surface area contributed by atoms with Crippen molar-refractivity contribution in [2.24, 2.45) is 0 Å². The van der Waals surface area contributed by atoms with Crippen molar-refractivity contribution < 1.29 is 5.11 Å². The van der Waals surface area contributed by atoms with Crippen LogP contribution in [0, 0.1) is 0 Å². The molecule has 3 aromatic carbocycles. The minimum Gasteiger partial charge on any atom is -0.507 e. The zero-order chi connectivity index (χ0) is 13.9. The highest BCUT2D eigenvalue weighted by Crippen LogP contribution is 2.42. The van der Waals surface area contributed by atoms with Gasteiger partial charge >= 0.3 is 0 Å². The van der Waals surface area contributed by atoms with Crippen LogP contribution in [0.5, 0.6) is 5.75 Å². The van der Waals surface area contributed by atoms with Gasteiger partial charge < -0.3 is 5.11 Å². The minimum absolute atomic E-state index is 0.253. The van der Waals surface area contributed by atoms with E-state index in [4.69, 9.17) is 0 Å². The van der Waals surface area contributed by atoms with E-state index >= 15 is 0 Å². The molecule has 0 radical (unpaired) electrons. The van der Waals surface area contributed by atoms with E-state index in [-0.39, 0.29) is 5.75 Å². The van der Waals surface area contributed by atoms with Gasteiger partial charge in [-0.05, 0) is 38.7 Å². The Morgan fingerprint density at radius 2 is 1.20 bits per heavy atom. The SMILES string of the molecule is Oc1ccc(-c2ccccc2)c(-c2ccccc2)c1Br. The van der Waals surface area contributed by atoms with Crippen LogP contribution < -0.4 is 0 Å². The largest absolute Gasteiger partial charge is 0.507 e. The third-order valence-electron chi connectivity index (χ3n) is 3.27. The Balaban J connectivity index is 2.29. The fourth-order valence-electron chi connectivity index (χ4n) is 2.31. The van der Waals surface area contributed by atoms with Gasteiger partial charge in [0.15, 0.2) is 0 Å². The molecule has 0 amide bonds. The molecule has 0 aromatic heterocycles. The molecule has 98 valence electrons. The lowest BCUT2D eigenvalue weighted by Crippen LogP contribution is -1.87. The summed E-state index contributed by atoms with van der Waals surface area (Å²) >= 11 is 3.52. The number of rotatable bonds is 2. The first-order chi connectivity index (χ1) is 9.77. The summed E-state index contributed by atoms with van der Waals surface area (Å²) < 4.78 is 0.727. The van der Waals surface area contributed by atoms with Crippen LogP contribution in [0.25, 0.3) is 22.3 Å². The molecule has 0 unspecified atom stereocenters. The predicted octanol–water partition coefficient (Wildman–Crippen LogP) is 5.49. The van der Waals surface area contributed by atoms with Gasteiger partial charge in [-0.2, -0.15) is 0 Å². The number of hydrogen-bond acceptors (Lipinski definition) is 1. The normalized spacial score (nSPS) is 10.4. The molecule has 0 aliphatic heterocycles. The maximum Gasteiger partial charge on any atom is 0.130 e. The van der Waals surface area contributed by atoms with Gasteiger partial charge in [0, 0.05) is 5.56 Å². The van der Waals surface area contributed by atoms with E-state index in [1.54, 1.807) is 6.07 Å². The predicted molar refractivity (Wildman–Crippen MR) is 86.7 cm³/mol. The lowest BCUT2D eigenvalue weighted by molar-refractivity contribution is 0.472. The highest BCUT2D eigenvalue weighted by Gasteiger charge is 2.13. The van der Waals surface area contributed by atoms with Crippen molar-refractivity contribution in [1.29, 1.82) is 0 Å². The summed E-state index contributed by atoms with van der Waals surface area (Å²) in [6.45, 7) is 0. The molecule has 2 heteroatoms. The van der Waals surface area contributed by atoms with Gasteiger partial charge in [0.05, 0.1) is 4.47 Å². The van der Waals surface area contributed by atoms with Crippen molar-refractivity contribution in [1.82, 2.24) is 0 Å². The lowest BCUT2D eigenvalue weighted by Gasteiger charge is -2.13. The van der Waals surface area contributed by atoms with Gasteiger partial charge in [-0.15, -0.1) is 0 Å². The van der Waals surface area contributed by atoms with E-state index in [9.17, 15) is 5.11 Å². The molecule has 0 aliphatic rings. The molecule has 0 spiro atoms. The molecule has 3 rings (SSSR count). The quantitative estimate of drug-likeness (QED) is 0.661. The minimum atomic E-state index is 0.253. The van der Waals surface area contributed by atoms with Crippen LogP contribution in [-0.2, 0) is 0 Å². The average Bonchev–Trinajstić information content (AvgIpc) is 2.51. The third kappa shape index (κ3) is 2.35. The first-order valence-corrected chi connectivity index (χ1v) is 7.19. The summed E-state index contributed by atoms with van der Waals surface area (Å²) in [7, 11) is 0. The summed E-state index contributed by atoms with van der Waals surface area (Å²) in [4.78, 5) is 0. The second-order valence-corrected chi connectivity index (χ2v) is 5.35. The van der Waals surface area contributed by atoms with Crippen molar-refractivity contribution >= 4 is 15.9 Å². The van der Waals surface area contributed by atoms with Crippen LogP contribution in [0.1, 0.15) is 0 Å². The molecule has 0 bridgehead atoms. The number of halogens is 1. The molecule has 0 atom stereocenters. The Bertz CT molecular complexity index is 721. The van der Waals surface area contributed by atoms with E-state index in [0.717, 1.165) is 26.7 Å². The first kappa shape index (κ1) is 12.9. The van der Waals surface area contributed by atoms with Gasteiger partial charge in [0.25, 0.3) is 0 Å². The first-order valence-electron chi connectivity index (χ1n) is 6.39. The lowest BCUT2D eigenvalue weighted by atomic mass is 9.94. The Morgan fingerprint density at radius 3 is 1.80 bits per heavy atom. The molecule has 0 saturated carbocycles. The zero-order valence-corrected chi connectivity index (χ0v) is 12.3. The van der Waals surface area contributed by atoms with E-state index in [1.165, 1.54) is 0 Å². The molecule has 0 heterocycles. The van der Waals surface area contributed by atoms with Crippen LogP contribution >= 0.6 is 15.9 Å². The van der Waals surface area contributed by atoms with Crippen LogP contribution in [0.4, 0.5) is 0 Å². The maximum absolute atomic E-state index is 9.99. The van der Waals surface area contributed by atoms with Crippen LogP contribution in [0.3, 0.4) is 0 Å². The molecule has 1 nitrogen and oxygen atoms in total. The zero-order valence-electron chi connectivity index (χ0n) is 10.8. The van der Waals surface area contributed by atoms with Gasteiger partial charge in [-0.25, -0.2) is 0 Å². The molecule has 0 saturated heterocycles. The number of phenols is 1. The fourth-order valence-corrected chi connectivity index (χ4v) is 2.89. The second-order valence-electron chi connectivity index (χ2n) is 4.55. The smallest absolute Gasteiger partial charge is 0.130 e. The summed E-state index contributed by atoms with van der Waals surface area (Å²) in [5.74, 6) is 0.253. The summed E-state index contributed by atoms with van der Waals surface area (Å²) in [5, 5.41) is 9.99. The highest BCUT2D eigenvalue weighted by molar-refractivity contribution is 9.10. The molecular weight excluding hydrogens is 312 g/mol. The van der Waals surface area contributed by atoms with Crippen molar-refractivity contribution in [2.45, 2.75) is 0 Å². The number of benzene rings is 3. The van der Waals surface area contributed by atoms with Crippen LogP contribution in [0.15, 0.2) is 77.3 Å². The molecule has 1 N–H and O–H groups in total. The Morgan fingerprint density at radius 1 is 0.650 bits per heavy atom. The highest BCUT2D eigenvalue weighted by atomic mass is 79.9. The van der Waals surface area contributed by atoms with Crippen molar-refractivity contribution in [2.75, 3.05) is 0 Å². The summed E-state index contributed by atoms with van der Waals surface area (Å²) in [6, 6.07) is 23.9. The van der Waals surface area contributed by atoms with E-state index in [0.29, 0.717) is 0 Å². The molecule has 0 aliphatic carbocycles. The Hall–Kier alpha value is -2.06. The topological polar surface area (TPSA) is 20.2 Å². The Kier molecular flexibility index (Phi) is 3.57. The number of phenolic OH excluding ortho intramolecular Hbond substituents is 1. The van der Waals surface area contributed by atoms with E-state index < -0.39 is 0 Å². The van der Waals surface area contributed by atoms with Gasteiger partial charge in [-0.1, -0.05) is 66.7 Å². The molecule has 3 aromatic rings. The monoisotopic (exact) mass is 324 g/mol. The van der Waals surface area contributed by atoms with E-state index in [1.807, 2.05) is 54.6 Å². The standard InChI is InChI=1S/C18H13BrO/c19-18-16(20)12-11-15(13-7-3-1-4-8-13)17(18)14-9-5-2-6-10-14/h1-12,20H.